The van der Waals surface area contributed by atoms with Gasteiger partial charge in [0, 0.05) is 38.2 Å². The van der Waals surface area contributed by atoms with E-state index in [4.69, 9.17) is 0 Å². The molecule has 0 bridgehead atoms. The third-order valence-corrected chi connectivity index (χ3v) is 5.58. The SMILES string of the molecule is CCC(CC)(CNC(=NC)NCCc1nnc2ccccn12)c1ccccc1. The van der Waals surface area contributed by atoms with Crippen LogP contribution in [0.25, 0.3) is 5.65 Å². The summed E-state index contributed by atoms with van der Waals surface area (Å²) in [5, 5.41) is 15.4. The van der Waals surface area contributed by atoms with Gasteiger partial charge in [0.2, 0.25) is 0 Å². The van der Waals surface area contributed by atoms with Crippen molar-refractivity contribution in [3.63, 3.8) is 0 Å². The third-order valence-electron chi connectivity index (χ3n) is 5.58. The average molecular weight is 379 g/mol. The van der Waals surface area contributed by atoms with E-state index in [2.05, 4.69) is 70.0 Å². The molecule has 0 amide bonds. The number of nitrogens with zero attached hydrogens (tertiary/aromatic N) is 4. The normalized spacial score (nSPS) is 12.3. The van der Waals surface area contributed by atoms with Crippen molar-refractivity contribution in [3.8, 4) is 0 Å². The Hall–Kier alpha value is -2.89. The molecule has 3 aromatic rings. The lowest BCUT2D eigenvalue weighted by atomic mass is 9.76. The summed E-state index contributed by atoms with van der Waals surface area (Å²) in [6, 6.07) is 16.7. The predicted octanol–water partition coefficient (Wildman–Crippen LogP) is 3.19. The first-order valence-electron chi connectivity index (χ1n) is 10.0. The lowest BCUT2D eigenvalue weighted by molar-refractivity contribution is 0.389. The van der Waals surface area contributed by atoms with Crippen molar-refractivity contribution in [3.05, 3.63) is 66.1 Å². The molecule has 3 rings (SSSR count). The molecule has 148 valence electrons. The molecule has 0 aliphatic rings. The molecule has 0 atom stereocenters. The lowest BCUT2D eigenvalue weighted by Crippen LogP contribution is -2.45. The summed E-state index contributed by atoms with van der Waals surface area (Å²) < 4.78 is 2.02. The highest BCUT2D eigenvalue weighted by atomic mass is 15.2. The molecule has 2 N–H and O–H groups in total. The van der Waals surface area contributed by atoms with Gasteiger partial charge in [-0.05, 0) is 30.5 Å². The molecular formula is C22H30N6. The van der Waals surface area contributed by atoms with Crippen LogP contribution < -0.4 is 10.6 Å². The Labute approximate surface area is 167 Å². The molecule has 0 radical (unpaired) electrons. The van der Waals surface area contributed by atoms with Crippen LogP contribution in [0.2, 0.25) is 0 Å². The Balaban J connectivity index is 1.58. The summed E-state index contributed by atoms with van der Waals surface area (Å²) in [4.78, 5) is 4.39. The quantitative estimate of drug-likeness (QED) is 0.467. The number of benzene rings is 1. The molecule has 6 nitrogen and oxygen atoms in total. The second kappa shape index (κ2) is 9.35. The molecule has 0 saturated heterocycles. The van der Waals surface area contributed by atoms with Crippen molar-refractivity contribution < 1.29 is 0 Å². The molecule has 2 heterocycles. The van der Waals surface area contributed by atoms with Gasteiger partial charge in [-0.3, -0.25) is 9.39 Å². The summed E-state index contributed by atoms with van der Waals surface area (Å²) in [5.74, 6) is 1.76. The Morgan fingerprint density at radius 2 is 1.75 bits per heavy atom. The van der Waals surface area contributed by atoms with Crippen molar-refractivity contribution >= 4 is 11.6 Å². The van der Waals surface area contributed by atoms with Gasteiger partial charge in [-0.2, -0.15) is 0 Å². The zero-order valence-electron chi connectivity index (χ0n) is 17.0. The number of aliphatic imine (C=N–C) groups is 1. The van der Waals surface area contributed by atoms with Gasteiger partial charge >= 0.3 is 0 Å². The highest BCUT2D eigenvalue weighted by Gasteiger charge is 2.28. The number of nitrogens with one attached hydrogen (secondary N) is 2. The Bertz CT molecular complexity index is 896. The fourth-order valence-electron chi connectivity index (χ4n) is 3.63. The smallest absolute Gasteiger partial charge is 0.191 e. The average Bonchev–Trinajstić information content (AvgIpc) is 3.17. The first-order chi connectivity index (χ1) is 13.7. The molecule has 0 unspecified atom stereocenters. The first kappa shape index (κ1) is 19.9. The second-order valence-electron chi connectivity index (χ2n) is 7.00. The minimum Gasteiger partial charge on any atom is -0.356 e. The molecular weight excluding hydrogens is 348 g/mol. The van der Waals surface area contributed by atoms with Crippen LogP contribution in [0.15, 0.2) is 59.7 Å². The minimum absolute atomic E-state index is 0.0993. The summed E-state index contributed by atoms with van der Waals surface area (Å²) in [5.41, 5.74) is 2.35. The number of aromatic nitrogens is 3. The van der Waals surface area contributed by atoms with Crippen molar-refractivity contribution in [2.75, 3.05) is 20.1 Å². The van der Waals surface area contributed by atoms with E-state index < -0.39 is 0 Å². The minimum atomic E-state index is 0.0993. The molecule has 1 aromatic carbocycles. The van der Waals surface area contributed by atoms with Gasteiger partial charge in [0.1, 0.15) is 5.82 Å². The maximum Gasteiger partial charge on any atom is 0.191 e. The van der Waals surface area contributed by atoms with Gasteiger partial charge < -0.3 is 10.6 Å². The van der Waals surface area contributed by atoms with Crippen LogP contribution in [-0.4, -0.2) is 40.7 Å². The Morgan fingerprint density at radius 1 is 1.00 bits per heavy atom. The molecule has 0 saturated carbocycles. The van der Waals surface area contributed by atoms with E-state index in [1.807, 2.05) is 35.8 Å². The van der Waals surface area contributed by atoms with Crippen molar-refractivity contribution in [1.82, 2.24) is 25.2 Å². The summed E-state index contributed by atoms with van der Waals surface area (Å²) >= 11 is 0. The summed E-state index contributed by atoms with van der Waals surface area (Å²) in [6.45, 7) is 6.10. The van der Waals surface area contributed by atoms with E-state index in [-0.39, 0.29) is 5.41 Å². The Kier molecular flexibility index (Phi) is 6.63. The first-order valence-corrected chi connectivity index (χ1v) is 10.0. The van der Waals surface area contributed by atoms with Gasteiger partial charge in [-0.15, -0.1) is 10.2 Å². The number of guanidine groups is 1. The summed E-state index contributed by atoms with van der Waals surface area (Å²) in [7, 11) is 1.81. The number of hydrogen-bond acceptors (Lipinski definition) is 3. The topological polar surface area (TPSA) is 66.6 Å². The molecule has 2 aromatic heterocycles. The maximum absolute atomic E-state index is 4.39. The zero-order chi connectivity index (χ0) is 19.8. The highest BCUT2D eigenvalue weighted by Crippen LogP contribution is 2.30. The number of hydrogen-bond donors (Lipinski definition) is 2. The molecule has 6 heteroatoms. The number of pyridine rings is 1. The number of fused-ring (bicyclic) bond motifs is 1. The largest absolute Gasteiger partial charge is 0.356 e. The number of rotatable bonds is 8. The van der Waals surface area contributed by atoms with Gasteiger partial charge in [0.05, 0.1) is 0 Å². The Morgan fingerprint density at radius 3 is 2.46 bits per heavy atom. The molecule has 0 spiro atoms. The van der Waals surface area contributed by atoms with Crippen LogP contribution >= 0.6 is 0 Å². The zero-order valence-corrected chi connectivity index (χ0v) is 17.0. The van der Waals surface area contributed by atoms with Crippen molar-refractivity contribution in [2.45, 2.75) is 38.5 Å². The standard InChI is InChI=1S/C22H30N6/c1-4-22(5-2,18-11-7-6-8-12-18)17-25-21(23-3)24-15-14-20-27-26-19-13-9-10-16-28(19)20/h6-13,16H,4-5,14-15,17H2,1-3H3,(H2,23,24,25). The lowest BCUT2D eigenvalue weighted by Gasteiger charge is -2.33. The monoisotopic (exact) mass is 378 g/mol. The van der Waals surface area contributed by atoms with E-state index >= 15 is 0 Å². The van der Waals surface area contributed by atoms with Crippen LogP contribution in [0.5, 0.6) is 0 Å². The fourth-order valence-corrected chi connectivity index (χ4v) is 3.63. The third kappa shape index (κ3) is 4.32. The molecule has 28 heavy (non-hydrogen) atoms. The van der Waals surface area contributed by atoms with Gasteiger partial charge in [-0.25, -0.2) is 0 Å². The molecule has 0 aliphatic carbocycles. The van der Waals surface area contributed by atoms with Crippen LogP contribution in [-0.2, 0) is 11.8 Å². The maximum atomic E-state index is 4.39. The van der Waals surface area contributed by atoms with Crippen molar-refractivity contribution in [1.29, 1.82) is 0 Å². The van der Waals surface area contributed by atoms with E-state index in [0.29, 0.717) is 0 Å². The molecule has 0 fully saturated rings. The van der Waals surface area contributed by atoms with Gasteiger partial charge in [-0.1, -0.05) is 50.2 Å². The van der Waals surface area contributed by atoms with E-state index in [9.17, 15) is 0 Å². The second-order valence-corrected chi connectivity index (χ2v) is 7.00. The van der Waals surface area contributed by atoms with Crippen LogP contribution in [0.1, 0.15) is 38.1 Å². The van der Waals surface area contributed by atoms with E-state index in [1.165, 1.54) is 5.56 Å². The van der Waals surface area contributed by atoms with E-state index in [1.54, 1.807) is 0 Å². The highest BCUT2D eigenvalue weighted by molar-refractivity contribution is 5.79. The van der Waals surface area contributed by atoms with E-state index in [0.717, 1.165) is 49.8 Å². The predicted molar refractivity (Wildman–Crippen MR) is 115 cm³/mol. The van der Waals surface area contributed by atoms with Crippen LogP contribution in [0.3, 0.4) is 0 Å². The molecule has 0 aliphatic heterocycles. The fraction of sp³-hybridized carbons (Fsp3) is 0.409. The van der Waals surface area contributed by atoms with Crippen LogP contribution in [0, 0.1) is 0 Å². The van der Waals surface area contributed by atoms with Crippen molar-refractivity contribution in [2.24, 2.45) is 4.99 Å². The van der Waals surface area contributed by atoms with Gasteiger partial charge in [0.15, 0.2) is 11.6 Å². The summed E-state index contributed by atoms with van der Waals surface area (Å²) in [6.07, 6.45) is 4.91. The van der Waals surface area contributed by atoms with Crippen LogP contribution in [0.4, 0.5) is 0 Å². The van der Waals surface area contributed by atoms with Gasteiger partial charge in [0.25, 0.3) is 0 Å².